The van der Waals surface area contributed by atoms with Crippen molar-refractivity contribution < 1.29 is 9.90 Å². The first-order valence-electron chi connectivity index (χ1n) is 4.73. The highest BCUT2D eigenvalue weighted by molar-refractivity contribution is 5.70. The van der Waals surface area contributed by atoms with Crippen LogP contribution in [0.5, 0.6) is 0 Å². The Morgan fingerprint density at radius 1 is 1.53 bits per heavy atom. The van der Waals surface area contributed by atoms with E-state index in [0.29, 0.717) is 12.5 Å². The van der Waals surface area contributed by atoms with Gasteiger partial charge in [-0.15, -0.1) is 0 Å². The molecule has 5 heteroatoms. The minimum absolute atomic E-state index is 0.401. The minimum Gasteiger partial charge on any atom is -0.481 e. The van der Waals surface area contributed by atoms with Gasteiger partial charge in [-0.25, -0.2) is 9.97 Å². The van der Waals surface area contributed by atoms with Gasteiger partial charge < -0.3 is 10.0 Å². The molecule has 0 saturated heterocycles. The number of carboxylic acids is 1. The van der Waals surface area contributed by atoms with E-state index in [-0.39, 0.29) is 0 Å². The molecule has 15 heavy (non-hydrogen) atoms. The molecule has 1 unspecified atom stereocenters. The molecule has 0 aliphatic heterocycles. The van der Waals surface area contributed by atoms with Gasteiger partial charge in [0.15, 0.2) is 0 Å². The van der Waals surface area contributed by atoms with Gasteiger partial charge in [-0.1, -0.05) is 6.92 Å². The fourth-order valence-electron chi connectivity index (χ4n) is 1.15. The van der Waals surface area contributed by atoms with Gasteiger partial charge in [0.05, 0.1) is 5.92 Å². The van der Waals surface area contributed by atoms with Crippen LogP contribution in [0.2, 0.25) is 0 Å². The summed E-state index contributed by atoms with van der Waals surface area (Å²) in [6, 6.07) is 0. The highest BCUT2D eigenvalue weighted by Crippen LogP contribution is 2.07. The fraction of sp³-hybridized carbons (Fsp3) is 0.500. The molecule has 5 nitrogen and oxygen atoms in total. The van der Waals surface area contributed by atoms with Gasteiger partial charge in [0.25, 0.3) is 0 Å². The molecule has 0 radical (unpaired) electrons. The maximum atomic E-state index is 10.7. The number of carboxylic acid groups (broad SMARTS) is 1. The fourth-order valence-corrected chi connectivity index (χ4v) is 1.15. The summed E-state index contributed by atoms with van der Waals surface area (Å²) < 4.78 is 0. The monoisotopic (exact) mass is 209 g/mol. The van der Waals surface area contributed by atoms with Crippen LogP contribution in [-0.4, -0.2) is 34.6 Å². The first-order chi connectivity index (χ1) is 7.00. The van der Waals surface area contributed by atoms with Crippen LogP contribution in [-0.2, 0) is 4.79 Å². The molecule has 0 saturated carbocycles. The predicted molar refractivity (Wildman–Crippen MR) is 56.8 cm³/mol. The molecule has 0 spiro atoms. The van der Waals surface area contributed by atoms with E-state index in [0.717, 1.165) is 5.56 Å². The second-order valence-corrected chi connectivity index (χ2v) is 3.68. The zero-order valence-electron chi connectivity index (χ0n) is 9.14. The SMILES string of the molecule is Cc1cnc(N(C)CC(C)C(=O)O)nc1. The third-order valence-corrected chi connectivity index (χ3v) is 2.08. The van der Waals surface area contributed by atoms with Gasteiger partial charge in [0, 0.05) is 26.0 Å². The van der Waals surface area contributed by atoms with Crippen molar-refractivity contribution in [2.24, 2.45) is 5.92 Å². The summed E-state index contributed by atoms with van der Waals surface area (Å²) in [5, 5.41) is 8.75. The third kappa shape index (κ3) is 3.19. The molecular formula is C10H15N3O2. The molecule has 0 aromatic carbocycles. The Labute approximate surface area is 88.8 Å². The number of anilines is 1. The van der Waals surface area contributed by atoms with Crippen molar-refractivity contribution in [1.29, 1.82) is 0 Å². The van der Waals surface area contributed by atoms with E-state index >= 15 is 0 Å². The summed E-state index contributed by atoms with van der Waals surface area (Å²) >= 11 is 0. The molecule has 1 rings (SSSR count). The molecule has 1 aromatic heterocycles. The van der Waals surface area contributed by atoms with Crippen LogP contribution in [0, 0.1) is 12.8 Å². The molecular weight excluding hydrogens is 194 g/mol. The second-order valence-electron chi connectivity index (χ2n) is 3.68. The van der Waals surface area contributed by atoms with Crippen molar-refractivity contribution in [2.75, 3.05) is 18.5 Å². The van der Waals surface area contributed by atoms with Gasteiger partial charge in [-0.05, 0) is 12.5 Å². The van der Waals surface area contributed by atoms with Crippen molar-refractivity contribution in [3.63, 3.8) is 0 Å². The smallest absolute Gasteiger partial charge is 0.308 e. The number of aromatic nitrogens is 2. The zero-order chi connectivity index (χ0) is 11.4. The van der Waals surface area contributed by atoms with E-state index in [1.165, 1.54) is 0 Å². The van der Waals surface area contributed by atoms with Crippen molar-refractivity contribution >= 4 is 11.9 Å². The maximum absolute atomic E-state index is 10.7. The van der Waals surface area contributed by atoms with Gasteiger partial charge in [-0.3, -0.25) is 4.79 Å². The van der Waals surface area contributed by atoms with Gasteiger partial charge in [0.1, 0.15) is 0 Å². The summed E-state index contributed by atoms with van der Waals surface area (Å²) in [4.78, 5) is 20.6. The van der Waals surface area contributed by atoms with Crippen LogP contribution >= 0.6 is 0 Å². The van der Waals surface area contributed by atoms with E-state index in [9.17, 15) is 4.79 Å². The normalized spacial score (nSPS) is 12.2. The number of hydrogen-bond donors (Lipinski definition) is 1. The van der Waals surface area contributed by atoms with Crippen molar-refractivity contribution in [3.05, 3.63) is 18.0 Å². The molecule has 0 aliphatic rings. The minimum atomic E-state index is -0.811. The van der Waals surface area contributed by atoms with Crippen molar-refractivity contribution in [3.8, 4) is 0 Å². The Bertz CT molecular complexity index is 337. The lowest BCUT2D eigenvalue weighted by atomic mass is 10.2. The Balaban J connectivity index is 2.64. The molecule has 1 N–H and O–H groups in total. The summed E-state index contributed by atoms with van der Waals surface area (Å²) in [6.07, 6.45) is 3.43. The largest absolute Gasteiger partial charge is 0.481 e. The lowest BCUT2D eigenvalue weighted by Crippen LogP contribution is -2.29. The summed E-state index contributed by atoms with van der Waals surface area (Å²) in [5.41, 5.74) is 0.985. The standard InChI is InChI=1S/C10H15N3O2/c1-7-4-11-10(12-5-7)13(3)6-8(2)9(14)15/h4-5,8H,6H2,1-3H3,(H,14,15). The molecule has 0 bridgehead atoms. The average molecular weight is 209 g/mol. The van der Waals surface area contributed by atoms with Crippen molar-refractivity contribution in [2.45, 2.75) is 13.8 Å². The quantitative estimate of drug-likeness (QED) is 0.799. The van der Waals surface area contributed by atoms with Gasteiger partial charge >= 0.3 is 5.97 Å². The molecule has 0 aliphatic carbocycles. The highest BCUT2D eigenvalue weighted by atomic mass is 16.4. The summed E-state index contributed by atoms with van der Waals surface area (Å²) in [5.74, 6) is -0.692. The Morgan fingerprint density at radius 3 is 2.53 bits per heavy atom. The van der Waals surface area contributed by atoms with Gasteiger partial charge in [0.2, 0.25) is 5.95 Å². The Kier molecular flexibility index (Phi) is 3.60. The Morgan fingerprint density at radius 2 is 2.07 bits per heavy atom. The van der Waals surface area contributed by atoms with Crippen LogP contribution in [0.3, 0.4) is 0 Å². The lowest BCUT2D eigenvalue weighted by molar-refractivity contribution is -0.140. The average Bonchev–Trinajstić information content (AvgIpc) is 2.18. The second kappa shape index (κ2) is 4.72. The van der Waals surface area contributed by atoms with Gasteiger partial charge in [-0.2, -0.15) is 0 Å². The molecule has 1 atom stereocenters. The van der Waals surface area contributed by atoms with E-state index in [1.807, 2.05) is 6.92 Å². The van der Waals surface area contributed by atoms with E-state index in [2.05, 4.69) is 9.97 Å². The van der Waals surface area contributed by atoms with E-state index in [1.54, 1.807) is 31.3 Å². The molecule has 0 amide bonds. The number of aryl methyl sites for hydroxylation is 1. The number of rotatable bonds is 4. The van der Waals surface area contributed by atoms with Crippen LogP contribution in [0.1, 0.15) is 12.5 Å². The van der Waals surface area contributed by atoms with Crippen molar-refractivity contribution in [1.82, 2.24) is 9.97 Å². The molecule has 0 fully saturated rings. The first kappa shape index (κ1) is 11.4. The third-order valence-electron chi connectivity index (χ3n) is 2.08. The molecule has 82 valence electrons. The van der Waals surface area contributed by atoms with Crippen LogP contribution in [0.15, 0.2) is 12.4 Å². The van der Waals surface area contributed by atoms with E-state index < -0.39 is 11.9 Å². The molecule has 1 aromatic rings. The van der Waals surface area contributed by atoms with Crippen LogP contribution < -0.4 is 4.90 Å². The zero-order valence-corrected chi connectivity index (χ0v) is 9.14. The highest BCUT2D eigenvalue weighted by Gasteiger charge is 2.14. The number of aliphatic carboxylic acids is 1. The lowest BCUT2D eigenvalue weighted by Gasteiger charge is -2.18. The first-order valence-corrected chi connectivity index (χ1v) is 4.73. The summed E-state index contributed by atoms with van der Waals surface area (Å²) in [6.45, 7) is 3.97. The number of carbonyl (C=O) groups is 1. The van der Waals surface area contributed by atoms with E-state index in [4.69, 9.17) is 5.11 Å². The maximum Gasteiger partial charge on any atom is 0.308 e. The molecule has 1 heterocycles. The van der Waals surface area contributed by atoms with Crippen LogP contribution in [0.25, 0.3) is 0 Å². The topological polar surface area (TPSA) is 66.3 Å². The predicted octanol–water partition coefficient (Wildman–Crippen LogP) is 0.942. The Hall–Kier alpha value is -1.65. The number of hydrogen-bond acceptors (Lipinski definition) is 4. The number of nitrogens with zero attached hydrogens (tertiary/aromatic N) is 3. The summed E-state index contributed by atoms with van der Waals surface area (Å²) in [7, 11) is 1.78. The van der Waals surface area contributed by atoms with Crippen LogP contribution in [0.4, 0.5) is 5.95 Å².